The summed E-state index contributed by atoms with van der Waals surface area (Å²) >= 11 is 11.7. The second-order valence-electron chi connectivity index (χ2n) is 6.12. The highest BCUT2D eigenvalue weighted by molar-refractivity contribution is 6.35. The van der Waals surface area contributed by atoms with Crippen molar-refractivity contribution >= 4 is 29.1 Å². The van der Waals surface area contributed by atoms with Crippen molar-refractivity contribution in [1.29, 1.82) is 0 Å². The van der Waals surface area contributed by atoms with E-state index in [9.17, 15) is 18.0 Å². The third-order valence-electron chi connectivity index (χ3n) is 4.26. The van der Waals surface area contributed by atoms with Crippen LogP contribution in [0.4, 0.5) is 13.2 Å². The van der Waals surface area contributed by atoms with E-state index in [1.54, 1.807) is 0 Å². The number of nitrogens with zero attached hydrogens (tertiary/aromatic N) is 2. The largest absolute Gasteiger partial charge is 0.435 e. The molecule has 1 aromatic carbocycles. The molecule has 9 heteroatoms. The monoisotopic (exact) mass is 405 g/mol. The number of carbonyl (C=O) groups is 1. The molecule has 0 unspecified atom stereocenters. The zero-order valence-electron chi connectivity index (χ0n) is 13.7. The molecule has 1 aromatic heterocycles. The first-order valence-corrected chi connectivity index (χ1v) is 8.91. The van der Waals surface area contributed by atoms with Gasteiger partial charge < -0.3 is 5.32 Å². The van der Waals surface area contributed by atoms with Gasteiger partial charge in [0.1, 0.15) is 0 Å². The van der Waals surface area contributed by atoms with E-state index in [1.807, 2.05) is 0 Å². The zero-order valence-corrected chi connectivity index (χ0v) is 15.2. The summed E-state index contributed by atoms with van der Waals surface area (Å²) in [6, 6.07) is 4.45. The molecular formula is C17H16Cl2F3N3O. The fraction of sp³-hybridized carbons (Fsp3) is 0.412. The molecule has 1 amide bonds. The normalized spacial score (nSPS) is 14.2. The summed E-state index contributed by atoms with van der Waals surface area (Å²) in [5.74, 6) is -0.397. The molecular weight excluding hydrogens is 390 g/mol. The Hall–Kier alpha value is -1.73. The second kappa shape index (κ2) is 7.48. The molecule has 0 saturated heterocycles. The van der Waals surface area contributed by atoms with Gasteiger partial charge in [0.15, 0.2) is 5.69 Å². The van der Waals surface area contributed by atoms with Crippen molar-refractivity contribution in [1.82, 2.24) is 15.1 Å². The molecule has 0 aliphatic heterocycles. The van der Waals surface area contributed by atoms with Crippen LogP contribution in [0.25, 0.3) is 0 Å². The number of rotatable bonds is 4. The van der Waals surface area contributed by atoms with Crippen LogP contribution in [0, 0.1) is 0 Å². The average Bonchev–Trinajstić information content (AvgIpc) is 2.93. The van der Waals surface area contributed by atoms with Crippen LogP contribution in [0.1, 0.15) is 40.2 Å². The maximum atomic E-state index is 13.2. The number of nitrogens with one attached hydrogen (secondary N) is 1. The van der Waals surface area contributed by atoms with Crippen molar-refractivity contribution in [2.24, 2.45) is 0 Å². The molecule has 0 radical (unpaired) electrons. The van der Waals surface area contributed by atoms with E-state index < -0.39 is 17.8 Å². The van der Waals surface area contributed by atoms with Gasteiger partial charge in [0, 0.05) is 33.4 Å². The molecule has 0 atom stereocenters. The van der Waals surface area contributed by atoms with Crippen LogP contribution < -0.4 is 5.32 Å². The first-order chi connectivity index (χ1) is 12.3. The number of alkyl halides is 3. The van der Waals surface area contributed by atoms with Gasteiger partial charge in [0.05, 0.1) is 6.54 Å². The van der Waals surface area contributed by atoms with Crippen LogP contribution >= 0.6 is 23.2 Å². The molecule has 1 N–H and O–H groups in total. The Bertz CT molecular complexity index is 813. The maximum absolute atomic E-state index is 13.2. The lowest BCUT2D eigenvalue weighted by molar-refractivity contribution is -0.142. The summed E-state index contributed by atoms with van der Waals surface area (Å²) < 4.78 is 40.9. The number of amides is 1. The molecule has 0 fully saturated rings. The van der Waals surface area contributed by atoms with E-state index in [4.69, 9.17) is 23.2 Å². The lowest BCUT2D eigenvalue weighted by Gasteiger charge is -2.15. The first kappa shape index (κ1) is 19.0. The Kier molecular flexibility index (Phi) is 5.48. The Morgan fingerprint density at radius 1 is 1.15 bits per heavy atom. The quantitative estimate of drug-likeness (QED) is 0.812. The van der Waals surface area contributed by atoms with Crippen molar-refractivity contribution in [2.75, 3.05) is 6.54 Å². The van der Waals surface area contributed by atoms with Gasteiger partial charge in [0.2, 0.25) is 0 Å². The lowest BCUT2D eigenvalue weighted by Crippen LogP contribution is -2.28. The van der Waals surface area contributed by atoms with Crippen molar-refractivity contribution in [3.05, 3.63) is 50.8 Å². The van der Waals surface area contributed by atoms with E-state index in [1.165, 1.54) is 22.9 Å². The Morgan fingerprint density at radius 3 is 2.46 bits per heavy atom. The molecule has 26 heavy (non-hydrogen) atoms. The Balaban J connectivity index is 1.70. The van der Waals surface area contributed by atoms with E-state index >= 15 is 0 Å². The average molecular weight is 406 g/mol. The van der Waals surface area contributed by atoms with Crippen LogP contribution in [-0.2, 0) is 25.6 Å². The number of hydrogen-bond donors (Lipinski definition) is 1. The Labute approximate surface area is 158 Å². The minimum absolute atomic E-state index is 0.147. The fourth-order valence-corrected chi connectivity index (χ4v) is 3.67. The van der Waals surface area contributed by atoms with Gasteiger partial charge in [0.25, 0.3) is 5.91 Å². The number of fused-ring (bicyclic) bond motifs is 1. The summed E-state index contributed by atoms with van der Waals surface area (Å²) in [6.45, 7) is 0.312. The maximum Gasteiger partial charge on any atom is 0.435 e. The molecule has 0 bridgehead atoms. The highest BCUT2D eigenvalue weighted by atomic mass is 35.5. The Morgan fingerprint density at radius 2 is 1.81 bits per heavy atom. The van der Waals surface area contributed by atoms with Gasteiger partial charge in [-0.2, -0.15) is 18.3 Å². The minimum atomic E-state index is -4.46. The summed E-state index contributed by atoms with van der Waals surface area (Å²) in [5.41, 5.74) is 0.390. The van der Waals surface area contributed by atoms with Crippen LogP contribution in [0.15, 0.2) is 18.2 Å². The van der Waals surface area contributed by atoms with Crippen molar-refractivity contribution in [3.8, 4) is 0 Å². The van der Waals surface area contributed by atoms with E-state index in [-0.39, 0.29) is 18.7 Å². The highest BCUT2D eigenvalue weighted by Gasteiger charge is 2.39. The smallest absolute Gasteiger partial charge is 0.350 e. The number of aromatic nitrogens is 2. The number of halogens is 5. The van der Waals surface area contributed by atoms with Crippen LogP contribution in [0.2, 0.25) is 10.0 Å². The topological polar surface area (TPSA) is 46.9 Å². The lowest BCUT2D eigenvalue weighted by atomic mass is 9.95. The number of carbonyl (C=O) groups excluding carboxylic acids is 1. The van der Waals surface area contributed by atoms with E-state index in [0.29, 0.717) is 34.1 Å². The molecule has 1 aliphatic carbocycles. The van der Waals surface area contributed by atoms with Gasteiger partial charge in [-0.05, 0) is 43.9 Å². The van der Waals surface area contributed by atoms with Gasteiger partial charge in [-0.1, -0.05) is 23.2 Å². The van der Waals surface area contributed by atoms with Gasteiger partial charge in [-0.15, -0.1) is 0 Å². The third-order valence-corrected chi connectivity index (χ3v) is 4.70. The minimum Gasteiger partial charge on any atom is -0.350 e. The summed E-state index contributed by atoms with van der Waals surface area (Å²) in [6.07, 6.45) is -1.95. The van der Waals surface area contributed by atoms with Gasteiger partial charge >= 0.3 is 6.18 Å². The molecule has 3 rings (SSSR count). The molecule has 1 heterocycles. The highest BCUT2D eigenvalue weighted by Crippen LogP contribution is 2.35. The third kappa shape index (κ3) is 4.15. The molecule has 1 aliphatic rings. The molecule has 0 spiro atoms. The molecule has 4 nitrogen and oxygen atoms in total. The zero-order chi connectivity index (χ0) is 18.9. The van der Waals surface area contributed by atoms with Crippen molar-refractivity contribution in [2.45, 2.75) is 38.4 Å². The molecule has 0 saturated carbocycles. The number of hydrogen-bond acceptors (Lipinski definition) is 2. The van der Waals surface area contributed by atoms with Crippen LogP contribution in [-0.4, -0.2) is 22.2 Å². The second-order valence-corrected chi connectivity index (χ2v) is 6.99. The van der Waals surface area contributed by atoms with Crippen LogP contribution in [0.5, 0.6) is 0 Å². The standard InChI is InChI=1S/C17H16Cl2F3N3O/c18-11-7-10(8-12(19)9-11)16(26)23-5-6-25-14-4-2-1-3-13(14)15(24-25)17(20,21)22/h7-9H,1-6H2,(H,23,26). The van der Waals surface area contributed by atoms with E-state index in [0.717, 1.165) is 12.8 Å². The summed E-state index contributed by atoms with van der Waals surface area (Å²) in [4.78, 5) is 12.2. The van der Waals surface area contributed by atoms with E-state index in [2.05, 4.69) is 10.4 Å². The summed E-state index contributed by atoms with van der Waals surface area (Å²) in [5, 5.41) is 7.08. The predicted molar refractivity (Wildman–Crippen MR) is 92.7 cm³/mol. The molecule has 2 aromatic rings. The number of benzene rings is 1. The van der Waals surface area contributed by atoms with Crippen molar-refractivity contribution in [3.63, 3.8) is 0 Å². The van der Waals surface area contributed by atoms with Crippen LogP contribution in [0.3, 0.4) is 0 Å². The SMILES string of the molecule is O=C(NCCn1nc(C(F)(F)F)c2c1CCCC2)c1cc(Cl)cc(Cl)c1. The fourth-order valence-electron chi connectivity index (χ4n) is 3.15. The summed E-state index contributed by atoms with van der Waals surface area (Å²) in [7, 11) is 0. The van der Waals surface area contributed by atoms with Gasteiger partial charge in [-0.25, -0.2) is 0 Å². The first-order valence-electron chi connectivity index (χ1n) is 8.16. The van der Waals surface area contributed by atoms with Crippen molar-refractivity contribution < 1.29 is 18.0 Å². The van der Waals surface area contributed by atoms with Gasteiger partial charge in [-0.3, -0.25) is 9.48 Å². The molecule has 140 valence electrons. The predicted octanol–water partition coefficient (Wildman–Crippen LogP) is 4.52.